The number of hydrogen-bond acceptors (Lipinski definition) is 10. The van der Waals surface area contributed by atoms with E-state index in [0.29, 0.717) is 31.0 Å². The van der Waals surface area contributed by atoms with Crippen LogP contribution in [0.4, 0.5) is 17.1 Å². The van der Waals surface area contributed by atoms with Crippen LogP contribution in [0.1, 0.15) is 78.9 Å². The molecule has 52 heavy (non-hydrogen) atoms. The number of anilines is 2. The lowest BCUT2D eigenvalue weighted by molar-refractivity contribution is -0.384. The van der Waals surface area contributed by atoms with Crippen molar-refractivity contribution in [2.75, 3.05) is 49.7 Å². The zero-order chi connectivity index (χ0) is 36.2. The van der Waals surface area contributed by atoms with E-state index in [1.807, 2.05) is 0 Å². The van der Waals surface area contributed by atoms with Gasteiger partial charge in [0, 0.05) is 56.2 Å². The van der Waals surface area contributed by atoms with Crippen molar-refractivity contribution in [1.82, 2.24) is 4.90 Å². The second kappa shape index (κ2) is 13.7. The average molecular weight is 730 g/mol. The molecule has 8 rings (SSSR count). The van der Waals surface area contributed by atoms with Crippen LogP contribution >= 0.6 is 0 Å². The maximum Gasteiger partial charge on any atom is 0.297 e. The van der Waals surface area contributed by atoms with Crippen molar-refractivity contribution in [2.24, 2.45) is 17.1 Å². The van der Waals surface area contributed by atoms with Gasteiger partial charge in [-0.3, -0.25) is 19.8 Å². The Morgan fingerprint density at radius 1 is 1.02 bits per heavy atom. The minimum absolute atomic E-state index is 0.0900. The molecule has 0 bridgehead atoms. The SMILES string of the molecule is Cc1ccccc1C1CCCN1C1CC2(CCN(c3ccc(C(N)=O)c(S(=O)(=O)c4cc5c(c([N+](=O)[O-])c4)NC(C4CCOCC4)CO5)c3)CC2)C1. The smallest absolute Gasteiger partial charge is 0.297 e. The molecule has 1 spiro atoms. The van der Waals surface area contributed by atoms with Gasteiger partial charge in [-0.25, -0.2) is 8.42 Å². The molecule has 1 saturated carbocycles. The summed E-state index contributed by atoms with van der Waals surface area (Å²) in [4.78, 5) is 28.6. The molecule has 0 aromatic heterocycles. The number of likely N-dealkylation sites (tertiary alicyclic amines) is 1. The molecule has 3 N–H and O–H groups in total. The van der Waals surface area contributed by atoms with Crippen LogP contribution in [0.2, 0.25) is 0 Å². The molecule has 3 aromatic carbocycles. The summed E-state index contributed by atoms with van der Waals surface area (Å²) in [5.74, 6) is -0.589. The third-order valence-electron chi connectivity index (χ3n) is 12.5. The number of primary amides is 1. The molecule has 13 heteroatoms. The van der Waals surface area contributed by atoms with Crippen molar-refractivity contribution in [3.63, 3.8) is 0 Å². The van der Waals surface area contributed by atoms with E-state index in [2.05, 4.69) is 46.3 Å². The summed E-state index contributed by atoms with van der Waals surface area (Å²) in [5.41, 5.74) is 9.07. The fourth-order valence-corrected chi connectivity index (χ4v) is 11.0. The van der Waals surface area contributed by atoms with Gasteiger partial charge in [-0.05, 0) is 105 Å². The third kappa shape index (κ3) is 6.30. The highest BCUT2D eigenvalue weighted by Gasteiger charge is 2.50. The van der Waals surface area contributed by atoms with E-state index in [1.165, 1.54) is 55.0 Å². The first kappa shape index (κ1) is 34.9. The summed E-state index contributed by atoms with van der Waals surface area (Å²) in [5, 5.41) is 15.6. The van der Waals surface area contributed by atoms with Gasteiger partial charge in [0.2, 0.25) is 15.7 Å². The molecule has 0 radical (unpaired) electrons. The predicted molar refractivity (Wildman–Crippen MR) is 197 cm³/mol. The summed E-state index contributed by atoms with van der Waals surface area (Å²) < 4.78 is 40.0. The number of fused-ring (bicyclic) bond motifs is 1. The zero-order valence-electron chi connectivity index (χ0n) is 29.6. The number of amides is 1. The molecule has 12 nitrogen and oxygen atoms in total. The highest BCUT2D eigenvalue weighted by Crippen LogP contribution is 2.54. The molecule has 1 aliphatic carbocycles. The first-order valence-electron chi connectivity index (χ1n) is 18.6. The number of ether oxygens (including phenoxy) is 2. The molecule has 2 atom stereocenters. The number of carbonyl (C=O) groups excluding carboxylic acids is 1. The van der Waals surface area contributed by atoms with Gasteiger partial charge in [0.25, 0.3) is 5.69 Å². The Balaban J connectivity index is 0.998. The monoisotopic (exact) mass is 729 g/mol. The first-order chi connectivity index (χ1) is 25.0. The fourth-order valence-electron chi connectivity index (χ4n) is 9.52. The van der Waals surface area contributed by atoms with Crippen LogP contribution in [0.5, 0.6) is 5.75 Å². The molecule has 4 fully saturated rings. The average Bonchev–Trinajstić information content (AvgIpc) is 3.62. The van der Waals surface area contributed by atoms with E-state index in [4.69, 9.17) is 15.2 Å². The number of nitrogens with two attached hydrogens (primary N) is 1. The number of nitro groups is 1. The fraction of sp³-hybridized carbons (Fsp3) is 0.513. The summed E-state index contributed by atoms with van der Waals surface area (Å²) >= 11 is 0. The topological polar surface area (TPSA) is 157 Å². The number of aryl methyl sites for hydroxylation is 1. The van der Waals surface area contributed by atoms with E-state index in [1.54, 1.807) is 6.07 Å². The van der Waals surface area contributed by atoms with Crippen LogP contribution in [0.15, 0.2) is 64.4 Å². The van der Waals surface area contributed by atoms with Crippen LogP contribution in [0, 0.1) is 28.4 Å². The lowest BCUT2D eigenvalue weighted by Gasteiger charge is -2.56. The van der Waals surface area contributed by atoms with E-state index >= 15 is 0 Å². The minimum Gasteiger partial charge on any atom is -0.489 e. The number of carbonyl (C=O) groups is 1. The first-order valence-corrected chi connectivity index (χ1v) is 20.1. The van der Waals surface area contributed by atoms with Gasteiger partial charge >= 0.3 is 0 Å². The van der Waals surface area contributed by atoms with E-state index in [-0.39, 0.29) is 50.8 Å². The van der Waals surface area contributed by atoms with E-state index in [9.17, 15) is 23.3 Å². The lowest BCUT2D eigenvalue weighted by atomic mass is 9.59. The van der Waals surface area contributed by atoms with Gasteiger partial charge in [0.15, 0.2) is 11.4 Å². The second-order valence-electron chi connectivity index (χ2n) is 15.4. The van der Waals surface area contributed by atoms with Gasteiger partial charge in [-0.1, -0.05) is 24.3 Å². The Morgan fingerprint density at radius 3 is 2.48 bits per heavy atom. The molecular weight excluding hydrogens is 683 g/mol. The molecule has 4 heterocycles. The highest BCUT2D eigenvalue weighted by atomic mass is 32.2. The van der Waals surface area contributed by atoms with Gasteiger partial charge in [-0.15, -0.1) is 0 Å². The van der Waals surface area contributed by atoms with Crippen molar-refractivity contribution in [3.8, 4) is 5.75 Å². The molecular formula is C39H47N5O7S. The quantitative estimate of drug-likeness (QED) is 0.208. The van der Waals surface area contributed by atoms with Crippen molar-refractivity contribution in [1.29, 1.82) is 0 Å². The normalized spacial score (nSPS) is 23.8. The number of piperidine rings is 1. The zero-order valence-corrected chi connectivity index (χ0v) is 30.4. The number of hydrogen-bond donors (Lipinski definition) is 2. The summed E-state index contributed by atoms with van der Waals surface area (Å²) in [7, 11) is -4.43. The van der Waals surface area contributed by atoms with Gasteiger partial charge in [0.05, 0.1) is 26.3 Å². The van der Waals surface area contributed by atoms with Crippen molar-refractivity contribution in [2.45, 2.75) is 86.2 Å². The Bertz CT molecular complexity index is 1980. The van der Waals surface area contributed by atoms with Gasteiger partial charge < -0.3 is 25.4 Å². The van der Waals surface area contributed by atoms with Crippen LogP contribution in [0.3, 0.4) is 0 Å². The van der Waals surface area contributed by atoms with Gasteiger partial charge in [0.1, 0.15) is 6.61 Å². The Morgan fingerprint density at radius 2 is 1.77 bits per heavy atom. The maximum absolute atomic E-state index is 14.3. The van der Waals surface area contributed by atoms with Crippen molar-refractivity contribution < 1.29 is 27.6 Å². The number of sulfone groups is 1. The van der Waals surface area contributed by atoms with Crippen LogP contribution < -0.4 is 20.7 Å². The number of nitro benzene ring substituents is 1. The maximum atomic E-state index is 14.3. The molecule has 276 valence electrons. The Kier molecular flexibility index (Phi) is 9.15. The van der Waals surface area contributed by atoms with Crippen LogP contribution in [0.25, 0.3) is 0 Å². The highest BCUT2D eigenvalue weighted by molar-refractivity contribution is 7.91. The third-order valence-corrected chi connectivity index (χ3v) is 14.3. The molecule has 5 aliphatic rings. The largest absolute Gasteiger partial charge is 0.489 e. The van der Waals surface area contributed by atoms with Crippen LogP contribution in [-0.4, -0.2) is 75.7 Å². The van der Waals surface area contributed by atoms with E-state index in [0.717, 1.165) is 51.4 Å². The molecule has 1 amide bonds. The second-order valence-corrected chi connectivity index (χ2v) is 17.4. The van der Waals surface area contributed by atoms with Crippen LogP contribution in [-0.2, 0) is 14.6 Å². The molecule has 3 aromatic rings. The predicted octanol–water partition coefficient (Wildman–Crippen LogP) is 6.02. The molecule has 4 aliphatic heterocycles. The van der Waals surface area contributed by atoms with Gasteiger partial charge in [-0.2, -0.15) is 0 Å². The summed E-state index contributed by atoms with van der Waals surface area (Å²) in [6, 6.07) is 16.7. The Labute approximate surface area is 304 Å². The minimum atomic E-state index is -4.43. The number of nitrogens with zero attached hydrogens (tertiary/aromatic N) is 3. The Hall–Kier alpha value is -4.20. The molecule has 3 saturated heterocycles. The summed E-state index contributed by atoms with van der Waals surface area (Å²) in [6.45, 7) is 6.35. The number of benzene rings is 3. The number of nitrogens with one attached hydrogen (secondary N) is 1. The van der Waals surface area contributed by atoms with Crippen molar-refractivity contribution in [3.05, 3.63) is 81.4 Å². The standard InChI is InChI=1S/C39H47N5O7S/c1-25-5-2-3-6-30(25)33-7-4-14-43(33)28-22-39(23-28)12-15-42(16-13-39)27-8-9-31(38(40)45)36(19-27)52(48,49)29-20-34(44(46)47)37-35(21-29)51-24-32(41-37)26-10-17-50-18-11-26/h2-3,5-6,8-9,19-21,26,28,32-33,41H,4,7,10-18,22-24H2,1H3,(H2,40,45). The summed E-state index contributed by atoms with van der Waals surface area (Å²) in [6.07, 6.45) is 8.38. The van der Waals surface area contributed by atoms with Crippen molar-refractivity contribution >= 4 is 32.8 Å². The molecule has 2 unspecified atom stereocenters. The lowest BCUT2D eigenvalue weighted by Crippen LogP contribution is -2.54. The van der Waals surface area contributed by atoms with E-state index < -0.39 is 26.4 Å². The number of rotatable bonds is 8.